The predicted octanol–water partition coefficient (Wildman–Crippen LogP) is 3.92. The normalized spacial score (nSPS) is 12.5. The second kappa shape index (κ2) is 6.60. The lowest BCUT2D eigenvalue weighted by atomic mass is 9.97. The molecule has 0 heterocycles. The van der Waals surface area contributed by atoms with Crippen molar-refractivity contribution in [2.75, 3.05) is 0 Å². The lowest BCUT2D eigenvalue weighted by Gasteiger charge is -2.19. The van der Waals surface area contributed by atoms with Crippen molar-refractivity contribution in [3.8, 4) is 0 Å². The average Bonchev–Trinajstić information content (AvgIpc) is 2.44. The predicted molar refractivity (Wildman–Crippen MR) is 79.0 cm³/mol. The Balaban J connectivity index is 2.39. The third-order valence-electron chi connectivity index (χ3n) is 3.31. The van der Waals surface area contributed by atoms with E-state index < -0.39 is 23.5 Å². The highest BCUT2D eigenvalue weighted by Crippen LogP contribution is 2.28. The smallest absolute Gasteiger partial charge is 0.133 e. The summed E-state index contributed by atoms with van der Waals surface area (Å²) in [4.78, 5) is 0. The zero-order valence-electron chi connectivity index (χ0n) is 11.3. The van der Waals surface area contributed by atoms with Gasteiger partial charge in [0.1, 0.15) is 17.5 Å². The minimum Gasteiger partial charge on any atom is -0.271 e. The molecule has 2 aromatic rings. The molecule has 21 heavy (non-hydrogen) atoms. The van der Waals surface area contributed by atoms with Gasteiger partial charge in [-0.05, 0) is 42.7 Å². The van der Waals surface area contributed by atoms with Crippen LogP contribution in [-0.2, 0) is 6.42 Å². The van der Waals surface area contributed by atoms with Crippen LogP contribution < -0.4 is 11.3 Å². The monoisotopic (exact) mass is 358 g/mol. The van der Waals surface area contributed by atoms with Crippen molar-refractivity contribution in [2.45, 2.75) is 19.4 Å². The highest BCUT2D eigenvalue weighted by molar-refractivity contribution is 9.10. The summed E-state index contributed by atoms with van der Waals surface area (Å²) in [6.07, 6.45) is 0.217. The van der Waals surface area contributed by atoms with Gasteiger partial charge in [-0.3, -0.25) is 11.3 Å². The van der Waals surface area contributed by atoms with Crippen molar-refractivity contribution >= 4 is 15.9 Å². The van der Waals surface area contributed by atoms with Gasteiger partial charge >= 0.3 is 0 Å². The molecule has 0 aliphatic rings. The molecule has 0 spiro atoms. The summed E-state index contributed by atoms with van der Waals surface area (Å²) < 4.78 is 41.7. The number of hydrogen-bond donors (Lipinski definition) is 2. The van der Waals surface area contributed by atoms with Crippen LogP contribution in [0.2, 0.25) is 0 Å². The number of halogens is 4. The fourth-order valence-corrected chi connectivity index (χ4v) is 2.66. The quantitative estimate of drug-likeness (QED) is 0.642. The third kappa shape index (κ3) is 3.45. The Morgan fingerprint density at radius 1 is 1.19 bits per heavy atom. The van der Waals surface area contributed by atoms with Crippen LogP contribution >= 0.6 is 15.9 Å². The van der Waals surface area contributed by atoms with Gasteiger partial charge < -0.3 is 0 Å². The van der Waals surface area contributed by atoms with Crippen LogP contribution in [0.15, 0.2) is 34.8 Å². The Morgan fingerprint density at radius 2 is 1.90 bits per heavy atom. The second-order valence-electron chi connectivity index (χ2n) is 4.75. The van der Waals surface area contributed by atoms with Gasteiger partial charge in [-0.2, -0.15) is 0 Å². The van der Waals surface area contributed by atoms with E-state index in [0.29, 0.717) is 15.6 Å². The summed E-state index contributed by atoms with van der Waals surface area (Å²) in [5, 5.41) is 0. The van der Waals surface area contributed by atoms with Crippen molar-refractivity contribution in [2.24, 2.45) is 5.84 Å². The van der Waals surface area contributed by atoms with Crippen LogP contribution in [0, 0.1) is 24.4 Å². The van der Waals surface area contributed by atoms with Crippen LogP contribution in [0.3, 0.4) is 0 Å². The van der Waals surface area contributed by atoms with Crippen molar-refractivity contribution in [1.82, 2.24) is 5.43 Å². The van der Waals surface area contributed by atoms with E-state index in [1.165, 1.54) is 24.3 Å². The largest absolute Gasteiger partial charge is 0.271 e. The lowest BCUT2D eigenvalue weighted by Crippen LogP contribution is -2.31. The number of nitrogens with two attached hydrogens (primary N) is 1. The summed E-state index contributed by atoms with van der Waals surface area (Å²) in [5.41, 5.74) is 3.34. The van der Waals surface area contributed by atoms with Gasteiger partial charge in [-0.15, -0.1) is 0 Å². The molecule has 3 N–H and O–H groups in total. The zero-order valence-corrected chi connectivity index (χ0v) is 12.8. The first kappa shape index (κ1) is 16.0. The fraction of sp³-hybridized carbons (Fsp3) is 0.200. The SMILES string of the molecule is Cc1ccc(F)c(C(Cc2ccc(F)cc2Br)NN)c1F. The van der Waals surface area contributed by atoms with Crippen LogP contribution in [0.1, 0.15) is 22.7 Å². The maximum atomic E-state index is 14.2. The van der Waals surface area contributed by atoms with Crippen LogP contribution in [0.5, 0.6) is 0 Å². The number of hydrogen-bond acceptors (Lipinski definition) is 2. The molecule has 112 valence electrons. The van der Waals surface area contributed by atoms with E-state index >= 15 is 0 Å². The summed E-state index contributed by atoms with van der Waals surface area (Å²) in [6, 6.07) is 5.96. The lowest BCUT2D eigenvalue weighted by molar-refractivity contribution is 0.469. The van der Waals surface area contributed by atoms with E-state index in [4.69, 9.17) is 5.84 Å². The molecule has 2 rings (SSSR count). The van der Waals surface area contributed by atoms with Crippen molar-refractivity contribution < 1.29 is 13.2 Å². The molecule has 1 atom stereocenters. The maximum absolute atomic E-state index is 14.2. The van der Waals surface area contributed by atoms with Gasteiger partial charge in [0, 0.05) is 10.0 Å². The first-order chi connectivity index (χ1) is 9.93. The van der Waals surface area contributed by atoms with Gasteiger partial charge in [0.2, 0.25) is 0 Å². The van der Waals surface area contributed by atoms with E-state index in [0.717, 1.165) is 0 Å². The van der Waals surface area contributed by atoms with Crippen molar-refractivity contribution in [1.29, 1.82) is 0 Å². The van der Waals surface area contributed by atoms with E-state index in [2.05, 4.69) is 21.4 Å². The molecule has 0 fully saturated rings. The molecule has 1 unspecified atom stereocenters. The van der Waals surface area contributed by atoms with Gasteiger partial charge in [0.15, 0.2) is 0 Å². The summed E-state index contributed by atoms with van der Waals surface area (Å²) in [5.74, 6) is 3.76. The Bertz CT molecular complexity index is 662. The summed E-state index contributed by atoms with van der Waals surface area (Å²) in [6.45, 7) is 1.56. The van der Waals surface area contributed by atoms with Gasteiger partial charge in [-0.25, -0.2) is 13.2 Å². The number of aryl methyl sites for hydroxylation is 1. The Labute approximate surface area is 129 Å². The molecule has 0 saturated carbocycles. The molecule has 0 saturated heterocycles. The van der Waals surface area contributed by atoms with E-state index in [1.54, 1.807) is 13.0 Å². The maximum Gasteiger partial charge on any atom is 0.133 e. The molecule has 0 radical (unpaired) electrons. The molecule has 0 aliphatic carbocycles. The average molecular weight is 359 g/mol. The summed E-state index contributed by atoms with van der Waals surface area (Å²) in [7, 11) is 0. The molecule has 0 amide bonds. The minimum absolute atomic E-state index is 0.117. The molecular weight excluding hydrogens is 345 g/mol. The molecule has 2 nitrogen and oxygen atoms in total. The van der Waals surface area contributed by atoms with Crippen LogP contribution in [-0.4, -0.2) is 0 Å². The molecule has 2 aromatic carbocycles. The number of nitrogens with one attached hydrogen (secondary N) is 1. The van der Waals surface area contributed by atoms with Crippen LogP contribution in [0.25, 0.3) is 0 Å². The Kier molecular flexibility index (Phi) is 5.03. The Hall–Kier alpha value is -1.37. The fourth-order valence-electron chi connectivity index (χ4n) is 2.15. The van der Waals surface area contributed by atoms with Crippen molar-refractivity contribution in [3.63, 3.8) is 0 Å². The van der Waals surface area contributed by atoms with E-state index in [1.807, 2.05) is 0 Å². The molecule has 0 aromatic heterocycles. The van der Waals surface area contributed by atoms with Gasteiger partial charge in [0.05, 0.1) is 6.04 Å². The van der Waals surface area contributed by atoms with Gasteiger partial charge in [0.25, 0.3) is 0 Å². The topological polar surface area (TPSA) is 38.0 Å². The number of hydrazine groups is 1. The number of benzene rings is 2. The Morgan fingerprint density at radius 3 is 2.52 bits per heavy atom. The standard InChI is InChI=1S/C15H14BrF3N2/c1-8-2-5-12(18)14(15(8)19)13(21-20)6-9-3-4-10(17)7-11(9)16/h2-5,7,13,21H,6,20H2,1H3. The van der Waals surface area contributed by atoms with E-state index in [-0.39, 0.29) is 12.0 Å². The molecule has 6 heteroatoms. The highest BCUT2D eigenvalue weighted by atomic mass is 79.9. The highest BCUT2D eigenvalue weighted by Gasteiger charge is 2.21. The van der Waals surface area contributed by atoms with Gasteiger partial charge in [-0.1, -0.05) is 28.1 Å². The molecule has 0 aliphatic heterocycles. The van der Waals surface area contributed by atoms with E-state index in [9.17, 15) is 13.2 Å². The molecule has 0 bridgehead atoms. The zero-order chi connectivity index (χ0) is 15.6. The van der Waals surface area contributed by atoms with Crippen molar-refractivity contribution in [3.05, 3.63) is 68.9 Å². The molecular formula is C15H14BrF3N2. The summed E-state index contributed by atoms with van der Waals surface area (Å²) >= 11 is 3.23. The van der Waals surface area contributed by atoms with Crippen LogP contribution in [0.4, 0.5) is 13.2 Å². The number of rotatable bonds is 4. The first-order valence-electron chi connectivity index (χ1n) is 6.28. The minimum atomic E-state index is -0.758. The second-order valence-corrected chi connectivity index (χ2v) is 5.61. The third-order valence-corrected chi connectivity index (χ3v) is 4.05. The first-order valence-corrected chi connectivity index (χ1v) is 7.08.